The van der Waals surface area contributed by atoms with Crippen LogP contribution in [0.25, 0.3) is 0 Å². The topological polar surface area (TPSA) is 42.0 Å². The zero-order chi connectivity index (χ0) is 13.9. The number of rotatable bonds is 3. The maximum Gasteiger partial charge on any atom is 0.230 e. The molecule has 0 unspecified atom stereocenters. The van der Waals surface area contributed by atoms with E-state index in [0.29, 0.717) is 10.7 Å². The Kier molecular flexibility index (Phi) is 3.78. The van der Waals surface area contributed by atoms with Gasteiger partial charge in [-0.25, -0.2) is 9.37 Å². The molecule has 0 bridgehead atoms. The van der Waals surface area contributed by atoms with Crippen LogP contribution < -0.4 is 5.32 Å². The number of carbonyl (C=O) groups is 1. The Balaban J connectivity index is 1.65. The van der Waals surface area contributed by atoms with Gasteiger partial charge in [-0.3, -0.25) is 4.79 Å². The number of hydrogen-bond donors (Lipinski definition) is 1. The summed E-state index contributed by atoms with van der Waals surface area (Å²) in [4.78, 5) is 17.7. The number of fused-ring (bicyclic) bond motifs is 1. The monoisotopic (exact) mass is 290 g/mol. The van der Waals surface area contributed by atoms with Crippen LogP contribution in [0.5, 0.6) is 0 Å². The normalized spacial score (nSPS) is 13.8. The molecule has 20 heavy (non-hydrogen) atoms. The standard InChI is InChI=1S/C15H15FN2OS/c16-11-5-3-4-10(8-11)9-14(19)18-15-17-12-6-1-2-7-13(12)20-15/h3-5,8H,1-2,6-7,9H2,(H,17,18,19). The zero-order valence-corrected chi connectivity index (χ0v) is 11.8. The van der Waals surface area contributed by atoms with Crippen molar-refractivity contribution in [3.63, 3.8) is 0 Å². The predicted molar refractivity (Wildman–Crippen MR) is 77.5 cm³/mol. The zero-order valence-electron chi connectivity index (χ0n) is 11.0. The highest BCUT2D eigenvalue weighted by molar-refractivity contribution is 7.15. The minimum absolute atomic E-state index is 0.151. The molecule has 3 nitrogen and oxygen atoms in total. The first-order valence-corrected chi connectivity index (χ1v) is 7.55. The molecule has 1 heterocycles. The van der Waals surface area contributed by atoms with Gasteiger partial charge in [-0.1, -0.05) is 12.1 Å². The Morgan fingerprint density at radius 3 is 3.00 bits per heavy atom. The molecule has 1 aliphatic rings. The van der Waals surface area contributed by atoms with Gasteiger partial charge in [0.1, 0.15) is 5.82 Å². The Hall–Kier alpha value is -1.75. The van der Waals surface area contributed by atoms with Gasteiger partial charge >= 0.3 is 0 Å². The number of halogens is 1. The van der Waals surface area contributed by atoms with E-state index in [-0.39, 0.29) is 18.1 Å². The fraction of sp³-hybridized carbons (Fsp3) is 0.333. The average Bonchev–Trinajstić information content (AvgIpc) is 2.80. The molecular weight excluding hydrogens is 275 g/mol. The summed E-state index contributed by atoms with van der Waals surface area (Å²) in [6.45, 7) is 0. The smallest absolute Gasteiger partial charge is 0.230 e. The average molecular weight is 290 g/mol. The predicted octanol–water partition coefficient (Wildman–Crippen LogP) is 3.34. The maximum absolute atomic E-state index is 13.1. The number of amides is 1. The molecule has 2 aromatic rings. The number of anilines is 1. The van der Waals surface area contributed by atoms with Crippen molar-refractivity contribution in [1.29, 1.82) is 0 Å². The van der Waals surface area contributed by atoms with Gasteiger partial charge < -0.3 is 5.32 Å². The van der Waals surface area contributed by atoms with Crippen molar-refractivity contribution in [3.8, 4) is 0 Å². The number of aryl methyl sites for hydroxylation is 2. The largest absolute Gasteiger partial charge is 0.302 e. The fourth-order valence-corrected chi connectivity index (χ4v) is 3.47. The minimum atomic E-state index is -0.319. The molecule has 0 radical (unpaired) electrons. The van der Waals surface area contributed by atoms with Crippen LogP contribution in [0.1, 0.15) is 29.0 Å². The molecule has 0 aliphatic heterocycles. The summed E-state index contributed by atoms with van der Waals surface area (Å²) in [5.41, 5.74) is 1.80. The van der Waals surface area contributed by atoms with Crippen LogP contribution in [0, 0.1) is 5.82 Å². The Morgan fingerprint density at radius 2 is 2.20 bits per heavy atom. The first kappa shape index (κ1) is 13.2. The third-order valence-corrected chi connectivity index (χ3v) is 4.42. The SMILES string of the molecule is O=C(Cc1cccc(F)c1)Nc1nc2c(s1)CCCC2. The lowest BCUT2D eigenvalue weighted by Crippen LogP contribution is -2.14. The molecule has 0 atom stereocenters. The van der Waals surface area contributed by atoms with Gasteiger partial charge in [0, 0.05) is 4.88 Å². The van der Waals surface area contributed by atoms with E-state index in [2.05, 4.69) is 10.3 Å². The summed E-state index contributed by atoms with van der Waals surface area (Å²) in [6, 6.07) is 6.11. The van der Waals surface area contributed by atoms with E-state index in [0.717, 1.165) is 18.5 Å². The fourth-order valence-electron chi connectivity index (χ4n) is 2.40. The molecule has 1 amide bonds. The lowest BCUT2D eigenvalue weighted by molar-refractivity contribution is -0.115. The number of hydrogen-bond acceptors (Lipinski definition) is 3. The van der Waals surface area contributed by atoms with Crippen LogP contribution in [0.4, 0.5) is 9.52 Å². The third kappa shape index (κ3) is 3.04. The molecule has 0 fully saturated rings. The molecule has 1 aromatic heterocycles. The molecule has 0 saturated carbocycles. The number of aromatic nitrogens is 1. The summed E-state index contributed by atoms with van der Waals surface area (Å²) < 4.78 is 13.1. The van der Waals surface area contributed by atoms with E-state index in [1.165, 1.54) is 29.9 Å². The van der Waals surface area contributed by atoms with Gasteiger partial charge in [-0.05, 0) is 43.4 Å². The van der Waals surface area contributed by atoms with Crippen molar-refractivity contribution < 1.29 is 9.18 Å². The summed E-state index contributed by atoms with van der Waals surface area (Å²) in [6.07, 6.45) is 4.61. The number of thiazole rings is 1. The second kappa shape index (κ2) is 5.71. The molecule has 1 aromatic carbocycles. The summed E-state index contributed by atoms with van der Waals surface area (Å²) in [7, 11) is 0. The first-order chi connectivity index (χ1) is 9.70. The lowest BCUT2D eigenvalue weighted by Gasteiger charge is -2.06. The quantitative estimate of drug-likeness (QED) is 0.942. The van der Waals surface area contributed by atoms with Crippen LogP contribution in [-0.4, -0.2) is 10.9 Å². The van der Waals surface area contributed by atoms with Crippen molar-refractivity contribution in [1.82, 2.24) is 4.98 Å². The lowest BCUT2D eigenvalue weighted by atomic mass is 10.0. The van der Waals surface area contributed by atoms with Gasteiger partial charge in [0.25, 0.3) is 0 Å². The van der Waals surface area contributed by atoms with Crippen LogP contribution in [0.3, 0.4) is 0 Å². The van der Waals surface area contributed by atoms with Crippen LogP contribution in [0.2, 0.25) is 0 Å². The molecular formula is C15H15FN2OS. The molecule has 0 saturated heterocycles. The van der Waals surface area contributed by atoms with Gasteiger partial charge in [-0.15, -0.1) is 11.3 Å². The molecule has 0 spiro atoms. The summed E-state index contributed by atoms with van der Waals surface area (Å²) >= 11 is 1.56. The number of nitrogens with zero attached hydrogens (tertiary/aromatic N) is 1. The Labute approximate surface area is 120 Å². The van der Waals surface area contributed by atoms with Crippen molar-refractivity contribution in [2.24, 2.45) is 0 Å². The summed E-state index contributed by atoms with van der Waals surface area (Å²) in [5, 5.41) is 3.48. The van der Waals surface area contributed by atoms with E-state index >= 15 is 0 Å². The molecule has 3 rings (SSSR count). The highest BCUT2D eigenvalue weighted by Crippen LogP contribution is 2.29. The van der Waals surface area contributed by atoms with Crippen molar-refractivity contribution in [2.75, 3.05) is 5.32 Å². The van der Waals surface area contributed by atoms with Crippen LogP contribution in [-0.2, 0) is 24.1 Å². The molecule has 104 valence electrons. The third-order valence-electron chi connectivity index (χ3n) is 3.35. The van der Waals surface area contributed by atoms with E-state index in [9.17, 15) is 9.18 Å². The second-order valence-electron chi connectivity index (χ2n) is 4.95. The maximum atomic E-state index is 13.1. The Bertz CT molecular complexity index is 615. The van der Waals surface area contributed by atoms with E-state index in [4.69, 9.17) is 0 Å². The highest BCUT2D eigenvalue weighted by Gasteiger charge is 2.16. The van der Waals surface area contributed by atoms with E-state index in [1.54, 1.807) is 23.5 Å². The molecule has 5 heteroatoms. The summed E-state index contributed by atoms with van der Waals surface area (Å²) in [5.74, 6) is -0.471. The van der Waals surface area contributed by atoms with Crippen LogP contribution in [0.15, 0.2) is 24.3 Å². The Morgan fingerprint density at radius 1 is 1.35 bits per heavy atom. The number of carbonyl (C=O) groups excluding carboxylic acids is 1. The van der Waals surface area contributed by atoms with Gasteiger partial charge in [0.05, 0.1) is 12.1 Å². The number of nitrogens with one attached hydrogen (secondary N) is 1. The highest BCUT2D eigenvalue weighted by atomic mass is 32.1. The van der Waals surface area contributed by atoms with E-state index in [1.807, 2.05) is 0 Å². The minimum Gasteiger partial charge on any atom is -0.302 e. The van der Waals surface area contributed by atoms with Crippen LogP contribution >= 0.6 is 11.3 Å². The van der Waals surface area contributed by atoms with Crippen molar-refractivity contribution in [3.05, 3.63) is 46.2 Å². The molecule has 1 N–H and O–H groups in total. The first-order valence-electron chi connectivity index (χ1n) is 6.73. The molecule has 1 aliphatic carbocycles. The van der Waals surface area contributed by atoms with Gasteiger partial charge in [0.2, 0.25) is 5.91 Å². The van der Waals surface area contributed by atoms with Crippen molar-refractivity contribution >= 4 is 22.4 Å². The van der Waals surface area contributed by atoms with E-state index < -0.39 is 0 Å². The van der Waals surface area contributed by atoms with Gasteiger partial charge in [-0.2, -0.15) is 0 Å². The van der Waals surface area contributed by atoms with Gasteiger partial charge in [0.15, 0.2) is 5.13 Å². The second-order valence-corrected chi connectivity index (χ2v) is 6.03. The van der Waals surface area contributed by atoms with Crippen molar-refractivity contribution in [2.45, 2.75) is 32.1 Å². The number of benzene rings is 1.